The molecular formula is C25H23FN2O4. The molecule has 1 atom stereocenters. The summed E-state index contributed by atoms with van der Waals surface area (Å²) in [5.41, 5.74) is 0.294. The third-order valence-electron chi connectivity index (χ3n) is 6.23. The molecule has 1 amide bonds. The van der Waals surface area contributed by atoms with Gasteiger partial charge in [-0.1, -0.05) is 42.5 Å². The van der Waals surface area contributed by atoms with Gasteiger partial charge in [-0.15, -0.1) is 0 Å². The van der Waals surface area contributed by atoms with E-state index in [0.717, 1.165) is 18.4 Å². The van der Waals surface area contributed by atoms with Gasteiger partial charge in [-0.3, -0.25) is 9.59 Å². The second kappa shape index (κ2) is 8.22. The molecule has 0 radical (unpaired) electrons. The summed E-state index contributed by atoms with van der Waals surface area (Å²) in [4.78, 5) is 39.6. The molecule has 1 N–H and O–H groups in total. The van der Waals surface area contributed by atoms with E-state index in [9.17, 15) is 18.8 Å². The second-order valence-electron chi connectivity index (χ2n) is 8.47. The molecule has 3 aromatic rings. The van der Waals surface area contributed by atoms with Crippen LogP contribution >= 0.6 is 0 Å². The third-order valence-corrected chi connectivity index (χ3v) is 6.23. The lowest BCUT2D eigenvalue weighted by atomic mass is 10.00. The van der Waals surface area contributed by atoms with Crippen LogP contribution in [0.1, 0.15) is 47.6 Å². The Morgan fingerprint density at radius 2 is 1.91 bits per heavy atom. The summed E-state index contributed by atoms with van der Waals surface area (Å²) in [6.07, 6.45) is 3.15. The van der Waals surface area contributed by atoms with Gasteiger partial charge in [-0.05, 0) is 36.8 Å². The molecule has 2 fully saturated rings. The molecule has 164 valence electrons. The number of amides is 1. The predicted molar refractivity (Wildman–Crippen MR) is 118 cm³/mol. The summed E-state index contributed by atoms with van der Waals surface area (Å²) < 4.78 is 20.0. The number of benzene rings is 2. The van der Waals surface area contributed by atoms with Crippen molar-refractivity contribution in [3.63, 3.8) is 0 Å². The Balaban J connectivity index is 1.61. The molecule has 1 aliphatic heterocycles. The topological polar surface area (TPSA) is 79.6 Å². The standard InChI is InChI=1S/C25H23FN2O4/c26-18-9-4-8-17-21(18)25(31)32-24(22(17)19(29)14-28-13-5-10-20(28)30)27-23(16-11-12-16)15-6-2-1-3-7-15/h1-4,6-9,16,23,27H,5,10-14H2. The first-order valence-corrected chi connectivity index (χ1v) is 10.9. The van der Waals surface area contributed by atoms with Gasteiger partial charge in [0.15, 0.2) is 5.78 Å². The number of hydrogen-bond donors (Lipinski definition) is 1. The molecule has 1 unspecified atom stereocenters. The van der Waals surface area contributed by atoms with E-state index in [0.29, 0.717) is 25.3 Å². The van der Waals surface area contributed by atoms with Gasteiger partial charge in [0, 0.05) is 18.4 Å². The van der Waals surface area contributed by atoms with Crippen molar-refractivity contribution in [1.29, 1.82) is 0 Å². The fourth-order valence-corrected chi connectivity index (χ4v) is 4.46. The number of carbonyl (C=O) groups excluding carboxylic acids is 2. The van der Waals surface area contributed by atoms with Crippen LogP contribution in [0.5, 0.6) is 0 Å². The fourth-order valence-electron chi connectivity index (χ4n) is 4.46. The monoisotopic (exact) mass is 434 g/mol. The van der Waals surface area contributed by atoms with Gasteiger partial charge in [-0.2, -0.15) is 0 Å². The quantitative estimate of drug-likeness (QED) is 0.561. The van der Waals surface area contributed by atoms with E-state index in [1.807, 2.05) is 30.3 Å². The first-order chi connectivity index (χ1) is 15.5. The van der Waals surface area contributed by atoms with Gasteiger partial charge in [0.2, 0.25) is 11.8 Å². The van der Waals surface area contributed by atoms with E-state index in [2.05, 4.69) is 5.32 Å². The SMILES string of the molecule is O=C(CN1CCCC1=O)c1c(NC(c2ccccc2)C2CC2)oc(=O)c2c(F)cccc12. The molecule has 32 heavy (non-hydrogen) atoms. The van der Waals surface area contributed by atoms with E-state index in [-0.39, 0.29) is 46.5 Å². The summed E-state index contributed by atoms with van der Waals surface area (Å²) in [5, 5.41) is 3.23. The predicted octanol–water partition coefficient (Wildman–Crippen LogP) is 4.30. The molecule has 1 aromatic heterocycles. The number of hydrogen-bond acceptors (Lipinski definition) is 5. The molecular weight excluding hydrogens is 411 g/mol. The van der Waals surface area contributed by atoms with Crippen molar-refractivity contribution in [3.05, 3.63) is 75.9 Å². The minimum Gasteiger partial charge on any atom is -0.405 e. The number of likely N-dealkylation sites (tertiary alicyclic amines) is 1. The summed E-state index contributed by atoms with van der Waals surface area (Å²) in [5.74, 6) is -0.832. The van der Waals surface area contributed by atoms with Crippen molar-refractivity contribution in [2.24, 2.45) is 5.92 Å². The Bertz CT molecular complexity index is 1250. The maximum Gasteiger partial charge on any atom is 0.348 e. The van der Waals surface area contributed by atoms with Crippen molar-refractivity contribution in [3.8, 4) is 0 Å². The molecule has 5 rings (SSSR count). The van der Waals surface area contributed by atoms with Crippen molar-refractivity contribution >= 4 is 28.3 Å². The van der Waals surface area contributed by atoms with Crippen molar-refractivity contribution in [2.75, 3.05) is 18.4 Å². The third kappa shape index (κ3) is 3.79. The number of rotatable bonds is 7. The van der Waals surface area contributed by atoms with Crippen LogP contribution in [0, 0.1) is 11.7 Å². The molecule has 0 bridgehead atoms. The van der Waals surface area contributed by atoms with Crippen LogP contribution in [0.25, 0.3) is 10.8 Å². The zero-order valence-corrected chi connectivity index (χ0v) is 17.5. The highest BCUT2D eigenvalue weighted by molar-refractivity contribution is 6.12. The minimum atomic E-state index is -0.836. The summed E-state index contributed by atoms with van der Waals surface area (Å²) in [7, 11) is 0. The highest BCUT2D eigenvalue weighted by Gasteiger charge is 2.35. The van der Waals surface area contributed by atoms with E-state index in [4.69, 9.17) is 4.42 Å². The number of anilines is 1. The Kier molecular flexibility index (Phi) is 5.25. The van der Waals surface area contributed by atoms with Crippen molar-refractivity contribution in [2.45, 2.75) is 31.7 Å². The number of fused-ring (bicyclic) bond motifs is 1. The number of Topliss-reactive ketones (excluding diaryl/α,β-unsaturated/α-hetero) is 1. The Hall–Kier alpha value is -3.48. The minimum absolute atomic E-state index is 0.0329. The van der Waals surface area contributed by atoms with E-state index < -0.39 is 11.4 Å². The first-order valence-electron chi connectivity index (χ1n) is 10.9. The molecule has 2 aliphatic rings. The lowest BCUT2D eigenvalue weighted by Gasteiger charge is -2.22. The highest BCUT2D eigenvalue weighted by Crippen LogP contribution is 2.43. The van der Waals surface area contributed by atoms with Gasteiger partial charge in [-0.25, -0.2) is 9.18 Å². The van der Waals surface area contributed by atoms with Gasteiger partial charge >= 0.3 is 5.63 Å². The van der Waals surface area contributed by atoms with E-state index in [1.54, 1.807) is 6.07 Å². The van der Waals surface area contributed by atoms with Gasteiger partial charge < -0.3 is 14.6 Å². The van der Waals surface area contributed by atoms with Crippen LogP contribution in [0.2, 0.25) is 0 Å². The fraction of sp³-hybridized carbons (Fsp3) is 0.320. The zero-order valence-electron chi connectivity index (χ0n) is 17.5. The molecule has 2 heterocycles. The van der Waals surface area contributed by atoms with E-state index in [1.165, 1.54) is 17.0 Å². The molecule has 1 saturated heterocycles. The summed E-state index contributed by atoms with van der Waals surface area (Å²) >= 11 is 0. The Morgan fingerprint density at radius 1 is 1.12 bits per heavy atom. The van der Waals surface area contributed by atoms with Crippen LogP contribution in [0.15, 0.2) is 57.7 Å². The largest absolute Gasteiger partial charge is 0.405 e. The molecule has 2 aromatic carbocycles. The number of halogens is 1. The summed E-state index contributed by atoms with van der Waals surface area (Å²) in [6.45, 7) is 0.372. The second-order valence-corrected chi connectivity index (χ2v) is 8.47. The zero-order chi connectivity index (χ0) is 22.2. The number of nitrogens with zero attached hydrogens (tertiary/aromatic N) is 1. The van der Waals surface area contributed by atoms with Gasteiger partial charge in [0.05, 0.1) is 18.2 Å². The average molecular weight is 434 g/mol. The van der Waals surface area contributed by atoms with Crippen molar-refractivity contribution < 1.29 is 18.4 Å². The molecule has 6 nitrogen and oxygen atoms in total. The Labute approximate surface area is 184 Å². The van der Waals surface area contributed by atoms with Gasteiger partial charge in [0.1, 0.15) is 11.2 Å². The normalized spacial score (nSPS) is 17.0. The van der Waals surface area contributed by atoms with Crippen LogP contribution in [0.4, 0.5) is 10.3 Å². The number of ketones is 1. The Morgan fingerprint density at radius 3 is 2.59 bits per heavy atom. The summed E-state index contributed by atoms with van der Waals surface area (Å²) in [6, 6.07) is 13.8. The van der Waals surface area contributed by atoms with Crippen LogP contribution in [-0.2, 0) is 4.79 Å². The smallest absolute Gasteiger partial charge is 0.348 e. The average Bonchev–Trinajstić information content (AvgIpc) is 3.55. The first kappa shape index (κ1) is 20.4. The van der Waals surface area contributed by atoms with Gasteiger partial charge in [0.25, 0.3) is 0 Å². The van der Waals surface area contributed by atoms with E-state index >= 15 is 0 Å². The maximum atomic E-state index is 14.5. The lowest BCUT2D eigenvalue weighted by Crippen LogP contribution is -2.31. The number of nitrogens with one attached hydrogen (secondary N) is 1. The highest BCUT2D eigenvalue weighted by atomic mass is 19.1. The molecule has 1 aliphatic carbocycles. The van der Waals surface area contributed by atoms with Crippen molar-refractivity contribution in [1.82, 2.24) is 4.90 Å². The molecule has 0 spiro atoms. The number of carbonyl (C=O) groups is 2. The molecule has 7 heteroatoms. The van der Waals surface area contributed by atoms with Crippen LogP contribution in [0.3, 0.4) is 0 Å². The lowest BCUT2D eigenvalue weighted by molar-refractivity contribution is -0.127. The maximum absolute atomic E-state index is 14.5. The van der Waals surface area contributed by atoms with Crippen LogP contribution in [-0.4, -0.2) is 29.7 Å². The molecule has 1 saturated carbocycles. The van der Waals surface area contributed by atoms with Crippen LogP contribution < -0.4 is 10.9 Å².